The van der Waals surface area contributed by atoms with E-state index in [2.05, 4.69) is 0 Å². The summed E-state index contributed by atoms with van der Waals surface area (Å²) >= 11 is 0. The zero-order chi connectivity index (χ0) is 22.0. The van der Waals surface area contributed by atoms with E-state index in [1.54, 1.807) is 53.4 Å². The Bertz CT molecular complexity index is 1180. The molecule has 7 heteroatoms. The Morgan fingerprint density at radius 2 is 1.84 bits per heavy atom. The summed E-state index contributed by atoms with van der Waals surface area (Å²) in [4.78, 5) is 40.0. The molecule has 2 heterocycles. The van der Waals surface area contributed by atoms with Gasteiger partial charge in [0.2, 0.25) is 5.76 Å². The summed E-state index contributed by atoms with van der Waals surface area (Å²) in [5, 5.41) is 0.432. The quantitative estimate of drug-likeness (QED) is 0.428. The average Bonchev–Trinajstić information content (AvgIpc) is 3.08. The number of para-hydroxylation sites is 1. The number of fused-ring (bicyclic) bond motifs is 2. The van der Waals surface area contributed by atoms with Crippen molar-refractivity contribution in [2.24, 2.45) is 0 Å². The summed E-state index contributed by atoms with van der Waals surface area (Å²) in [6.07, 6.45) is 0.623. The maximum atomic E-state index is 13.4. The van der Waals surface area contributed by atoms with Gasteiger partial charge in [0.15, 0.2) is 5.43 Å². The van der Waals surface area contributed by atoms with Gasteiger partial charge in [-0.1, -0.05) is 24.3 Å². The van der Waals surface area contributed by atoms with Crippen LogP contribution in [0.1, 0.15) is 51.4 Å². The molecule has 4 rings (SSSR count). The standard InChI is InChI=1S/C24H23NO6/c1-3-30-14-6-13-25-20(15-9-11-16(12-10-15)24(28)29-2)19-21(26)17-7-4-5-8-18(17)31-22(19)23(25)27/h4-5,7-12,20H,3,6,13-14H2,1-2H3. The van der Waals surface area contributed by atoms with Gasteiger partial charge >= 0.3 is 5.97 Å². The van der Waals surface area contributed by atoms with Crippen LogP contribution in [0.2, 0.25) is 0 Å². The number of carbonyl (C=O) groups is 2. The van der Waals surface area contributed by atoms with Gasteiger partial charge in [0.25, 0.3) is 5.91 Å². The Morgan fingerprint density at radius 1 is 1.10 bits per heavy atom. The Morgan fingerprint density at radius 3 is 2.55 bits per heavy atom. The fourth-order valence-corrected chi connectivity index (χ4v) is 3.94. The molecule has 160 valence electrons. The minimum absolute atomic E-state index is 0.0714. The van der Waals surface area contributed by atoms with Gasteiger partial charge in [0, 0.05) is 19.8 Å². The lowest BCUT2D eigenvalue weighted by atomic mass is 9.97. The molecule has 1 aliphatic rings. The van der Waals surface area contributed by atoms with E-state index < -0.39 is 12.0 Å². The van der Waals surface area contributed by atoms with Crippen molar-refractivity contribution in [1.82, 2.24) is 4.90 Å². The van der Waals surface area contributed by atoms with Crippen LogP contribution in [0.15, 0.2) is 57.7 Å². The smallest absolute Gasteiger partial charge is 0.337 e. The number of hydrogen-bond acceptors (Lipinski definition) is 6. The van der Waals surface area contributed by atoms with Gasteiger partial charge in [0.1, 0.15) is 5.58 Å². The van der Waals surface area contributed by atoms with Crippen LogP contribution in [-0.4, -0.2) is 43.6 Å². The number of ether oxygens (including phenoxy) is 2. The first kappa shape index (κ1) is 20.8. The number of methoxy groups -OCH3 is 1. The van der Waals surface area contributed by atoms with E-state index >= 15 is 0 Å². The zero-order valence-electron chi connectivity index (χ0n) is 17.4. The minimum atomic E-state index is -0.600. The molecule has 3 aromatic rings. The van der Waals surface area contributed by atoms with E-state index in [0.29, 0.717) is 48.3 Å². The molecule has 1 aromatic heterocycles. The SMILES string of the molecule is CCOCCCN1C(=O)c2oc3ccccc3c(=O)c2C1c1ccc(C(=O)OC)cc1. The third-order valence-electron chi connectivity index (χ3n) is 5.41. The van der Waals surface area contributed by atoms with Crippen LogP contribution in [0.5, 0.6) is 0 Å². The van der Waals surface area contributed by atoms with Crippen molar-refractivity contribution in [2.75, 3.05) is 26.9 Å². The van der Waals surface area contributed by atoms with Gasteiger partial charge in [-0.3, -0.25) is 9.59 Å². The van der Waals surface area contributed by atoms with Gasteiger partial charge in [-0.05, 0) is 43.2 Å². The molecule has 0 aliphatic carbocycles. The van der Waals surface area contributed by atoms with Gasteiger partial charge < -0.3 is 18.8 Å². The average molecular weight is 421 g/mol. The fourth-order valence-electron chi connectivity index (χ4n) is 3.94. The second-order valence-electron chi connectivity index (χ2n) is 7.24. The number of benzene rings is 2. The molecule has 2 aromatic carbocycles. The lowest BCUT2D eigenvalue weighted by Gasteiger charge is -2.25. The summed E-state index contributed by atoms with van der Waals surface area (Å²) in [7, 11) is 1.32. The first-order valence-electron chi connectivity index (χ1n) is 10.2. The van der Waals surface area contributed by atoms with Crippen molar-refractivity contribution in [2.45, 2.75) is 19.4 Å². The summed E-state index contributed by atoms with van der Waals surface area (Å²) in [6.45, 7) is 3.42. The number of esters is 1. The highest BCUT2D eigenvalue weighted by Gasteiger charge is 2.42. The molecule has 0 spiro atoms. The summed E-state index contributed by atoms with van der Waals surface area (Å²) < 4.78 is 16.1. The molecule has 1 aliphatic heterocycles. The Labute approximate surface area is 179 Å². The van der Waals surface area contributed by atoms with Crippen LogP contribution in [-0.2, 0) is 9.47 Å². The van der Waals surface area contributed by atoms with Gasteiger partial charge in [-0.25, -0.2) is 4.79 Å². The summed E-state index contributed by atoms with van der Waals surface area (Å²) in [6, 6.07) is 13.0. The summed E-state index contributed by atoms with van der Waals surface area (Å²) in [5.74, 6) is -0.702. The number of rotatable bonds is 7. The zero-order valence-corrected chi connectivity index (χ0v) is 17.4. The van der Waals surface area contributed by atoms with Crippen LogP contribution in [0, 0.1) is 0 Å². The molecule has 7 nitrogen and oxygen atoms in total. The largest absolute Gasteiger partial charge is 0.465 e. The number of hydrogen-bond donors (Lipinski definition) is 0. The van der Waals surface area contributed by atoms with Crippen LogP contribution >= 0.6 is 0 Å². The van der Waals surface area contributed by atoms with E-state index in [1.807, 2.05) is 6.92 Å². The third kappa shape index (κ3) is 3.72. The molecule has 0 N–H and O–H groups in total. The van der Waals surface area contributed by atoms with Crippen molar-refractivity contribution < 1.29 is 23.5 Å². The lowest BCUT2D eigenvalue weighted by Crippen LogP contribution is -2.31. The molecule has 1 unspecified atom stereocenters. The molecule has 0 fully saturated rings. The first-order valence-corrected chi connectivity index (χ1v) is 10.2. The lowest BCUT2D eigenvalue weighted by molar-refractivity contribution is 0.0599. The predicted octanol–water partition coefficient (Wildman–Crippen LogP) is 3.55. The fraction of sp³-hybridized carbons (Fsp3) is 0.292. The van der Waals surface area contributed by atoms with Crippen molar-refractivity contribution in [3.05, 3.63) is 81.2 Å². The van der Waals surface area contributed by atoms with Crippen molar-refractivity contribution >= 4 is 22.8 Å². The Kier molecular flexibility index (Phi) is 5.86. The molecule has 0 bridgehead atoms. The number of carbonyl (C=O) groups excluding carboxylic acids is 2. The van der Waals surface area contributed by atoms with Gasteiger partial charge in [-0.2, -0.15) is 0 Å². The Hall–Kier alpha value is -3.45. The van der Waals surface area contributed by atoms with E-state index in [9.17, 15) is 14.4 Å². The molecular weight excluding hydrogens is 398 g/mol. The van der Waals surface area contributed by atoms with E-state index in [-0.39, 0.29) is 17.1 Å². The second kappa shape index (κ2) is 8.73. The van der Waals surface area contributed by atoms with E-state index in [4.69, 9.17) is 13.9 Å². The molecule has 1 atom stereocenters. The van der Waals surface area contributed by atoms with Crippen LogP contribution in [0.25, 0.3) is 11.0 Å². The third-order valence-corrected chi connectivity index (χ3v) is 5.41. The van der Waals surface area contributed by atoms with Gasteiger partial charge in [-0.15, -0.1) is 0 Å². The number of amides is 1. The number of nitrogens with zero attached hydrogens (tertiary/aromatic N) is 1. The van der Waals surface area contributed by atoms with Crippen LogP contribution < -0.4 is 5.43 Å². The topological polar surface area (TPSA) is 86.0 Å². The van der Waals surface area contributed by atoms with E-state index in [1.165, 1.54) is 7.11 Å². The van der Waals surface area contributed by atoms with E-state index in [0.717, 1.165) is 5.56 Å². The highest BCUT2D eigenvalue weighted by Crippen LogP contribution is 2.38. The van der Waals surface area contributed by atoms with Crippen molar-refractivity contribution in [3.63, 3.8) is 0 Å². The second-order valence-corrected chi connectivity index (χ2v) is 7.24. The first-order chi connectivity index (χ1) is 15.1. The highest BCUT2D eigenvalue weighted by atomic mass is 16.5. The molecule has 0 saturated heterocycles. The molecule has 1 amide bonds. The summed E-state index contributed by atoms with van der Waals surface area (Å²) in [5.41, 5.74) is 1.60. The minimum Gasteiger partial charge on any atom is -0.465 e. The maximum absolute atomic E-state index is 13.4. The molecule has 0 saturated carbocycles. The maximum Gasteiger partial charge on any atom is 0.337 e. The normalized spacial score (nSPS) is 15.4. The predicted molar refractivity (Wildman–Crippen MR) is 114 cm³/mol. The highest BCUT2D eigenvalue weighted by molar-refractivity contribution is 5.99. The van der Waals surface area contributed by atoms with Gasteiger partial charge in [0.05, 0.1) is 29.7 Å². The van der Waals surface area contributed by atoms with Crippen LogP contribution in [0.3, 0.4) is 0 Å². The van der Waals surface area contributed by atoms with Crippen molar-refractivity contribution in [3.8, 4) is 0 Å². The molecular formula is C24H23NO6. The van der Waals surface area contributed by atoms with Crippen LogP contribution in [0.4, 0.5) is 0 Å². The van der Waals surface area contributed by atoms with Crippen molar-refractivity contribution in [1.29, 1.82) is 0 Å². The Balaban J connectivity index is 1.81. The molecule has 0 radical (unpaired) electrons. The molecule has 31 heavy (non-hydrogen) atoms. The monoisotopic (exact) mass is 421 g/mol.